The first-order chi connectivity index (χ1) is 13.9. The summed E-state index contributed by atoms with van der Waals surface area (Å²) >= 11 is 6.03. The van der Waals surface area contributed by atoms with Crippen LogP contribution in [-0.2, 0) is 25.5 Å². The molecule has 0 bridgehead atoms. The molecule has 0 fully saturated rings. The average molecular weight is 420 g/mol. The van der Waals surface area contributed by atoms with Crippen molar-refractivity contribution in [2.45, 2.75) is 44.8 Å². The lowest BCUT2D eigenvalue weighted by atomic mass is 9.98. The Morgan fingerprint density at radius 2 is 1.83 bits per heavy atom. The molecule has 0 radical (unpaired) electrons. The van der Waals surface area contributed by atoms with E-state index in [9.17, 15) is 14.7 Å². The molecule has 6 nitrogen and oxygen atoms in total. The molecule has 0 saturated carbocycles. The van der Waals surface area contributed by atoms with Crippen molar-refractivity contribution in [3.8, 4) is 11.1 Å². The number of nitrogens with two attached hydrogens (primary N) is 1. The maximum atomic E-state index is 11.8. The van der Waals surface area contributed by atoms with E-state index in [2.05, 4.69) is 0 Å². The topological polar surface area (TPSA) is 98.8 Å². The highest BCUT2D eigenvalue weighted by molar-refractivity contribution is 6.30. The summed E-state index contributed by atoms with van der Waals surface area (Å²) in [5.41, 5.74) is 9.10. The van der Waals surface area contributed by atoms with Gasteiger partial charge in [0.15, 0.2) is 6.10 Å². The standard InChI is InChI=1S/C22H26ClNO5/c1-2-4-21(26)28-14-29-22(27)20(25)13-19(24)11-15-7-9-16(10-8-15)17-5-3-6-18(23)12-17/h3,5-10,12,19-20,25H,2,4,11,13-14,24H2,1H3/t19?,20-/m1/s1. The zero-order valence-electron chi connectivity index (χ0n) is 16.3. The van der Waals surface area contributed by atoms with Crippen molar-refractivity contribution in [3.63, 3.8) is 0 Å². The Hall–Kier alpha value is -2.41. The average Bonchev–Trinajstić information content (AvgIpc) is 2.68. The molecule has 7 heteroatoms. The summed E-state index contributed by atoms with van der Waals surface area (Å²) in [7, 11) is 0. The lowest BCUT2D eigenvalue weighted by molar-refractivity contribution is -0.173. The second-order valence-corrected chi connectivity index (χ2v) is 7.21. The minimum Gasteiger partial charge on any atom is -0.428 e. The van der Waals surface area contributed by atoms with Crippen LogP contribution in [-0.4, -0.2) is 36.0 Å². The van der Waals surface area contributed by atoms with Gasteiger partial charge >= 0.3 is 11.9 Å². The number of aliphatic hydroxyl groups excluding tert-OH is 1. The van der Waals surface area contributed by atoms with Crippen molar-refractivity contribution < 1.29 is 24.2 Å². The quantitative estimate of drug-likeness (QED) is 0.452. The third-order valence-corrected chi connectivity index (χ3v) is 4.52. The van der Waals surface area contributed by atoms with Crippen LogP contribution in [0.5, 0.6) is 0 Å². The monoisotopic (exact) mass is 419 g/mol. The lowest BCUT2D eigenvalue weighted by Gasteiger charge is -2.16. The molecule has 1 unspecified atom stereocenters. The fraction of sp³-hybridized carbons (Fsp3) is 0.364. The summed E-state index contributed by atoms with van der Waals surface area (Å²) in [5.74, 6) is -1.31. The highest BCUT2D eigenvalue weighted by Crippen LogP contribution is 2.23. The Morgan fingerprint density at radius 1 is 1.10 bits per heavy atom. The number of hydrogen-bond donors (Lipinski definition) is 2. The summed E-state index contributed by atoms with van der Waals surface area (Å²) in [5, 5.41) is 10.6. The van der Waals surface area contributed by atoms with Crippen molar-refractivity contribution in [3.05, 3.63) is 59.1 Å². The van der Waals surface area contributed by atoms with Gasteiger partial charge in [0.2, 0.25) is 6.79 Å². The van der Waals surface area contributed by atoms with Gasteiger partial charge in [-0.05, 0) is 48.1 Å². The van der Waals surface area contributed by atoms with E-state index < -0.39 is 30.9 Å². The van der Waals surface area contributed by atoms with Crippen LogP contribution in [0.15, 0.2) is 48.5 Å². The van der Waals surface area contributed by atoms with Gasteiger partial charge < -0.3 is 20.3 Å². The molecule has 0 aliphatic heterocycles. The van der Waals surface area contributed by atoms with E-state index in [0.717, 1.165) is 16.7 Å². The van der Waals surface area contributed by atoms with E-state index in [-0.39, 0.29) is 12.8 Å². The summed E-state index contributed by atoms with van der Waals surface area (Å²) in [6, 6.07) is 15.0. The molecule has 2 aromatic carbocycles. The van der Waals surface area contributed by atoms with Gasteiger partial charge in [-0.15, -0.1) is 0 Å². The molecule has 0 saturated heterocycles. The third-order valence-electron chi connectivity index (χ3n) is 4.28. The van der Waals surface area contributed by atoms with Crippen LogP contribution >= 0.6 is 11.6 Å². The SMILES string of the molecule is CCCC(=O)OCOC(=O)[C@H](O)CC(N)Cc1ccc(-c2cccc(Cl)c2)cc1. The van der Waals surface area contributed by atoms with Gasteiger partial charge in [-0.3, -0.25) is 4.79 Å². The van der Waals surface area contributed by atoms with Gasteiger partial charge in [0.25, 0.3) is 0 Å². The van der Waals surface area contributed by atoms with E-state index in [1.165, 1.54) is 0 Å². The van der Waals surface area contributed by atoms with Gasteiger partial charge in [0.05, 0.1) is 0 Å². The van der Waals surface area contributed by atoms with E-state index in [0.29, 0.717) is 17.9 Å². The van der Waals surface area contributed by atoms with Crippen molar-refractivity contribution in [2.75, 3.05) is 6.79 Å². The summed E-state index contributed by atoms with van der Waals surface area (Å²) < 4.78 is 9.47. The van der Waals surface area contributed by atoms with E-state index in [4.69, 9.17) is 26.8 Å². The number of esters is 2. The molecule has 0 aliphatic rings. The molecule has 0 aliphatic carbocycles. The first kappa shape index (κ1) is 22.9. The number of ether oxygens (including phenoxy) is 2. The second kappa shape index (κ2) is 11.6. The van der Waals surface area contributed by atoms with Gasteiger partial charge in [0.1, 0.15) is 0 Å². The van der Waals surface area contributed by atoms with Crippen LogP contribution in [0.3, 0.4) is 0 Å². The molecule has 0 aromatic heterocycles. The van der Waals surface area contributed by atoms with Gasteiger partial charge in [-0.1, -0.05) is 54.9 Å². The highest BCUT2D eigenvalue weighted by Gasteiger charge is 2.20. The number of benzene rings is 2. The lowest BCUT2D eigenvalue weighted by Crippen LogP contribution is -2.34. The van der Waals surface area contributed by atoms with E-state index >= 15 is 0 Å². The number of aliphatic hydroxyl groups is 1. The van der Waals surface area contributed by atoms with Crippen LogP contribution in [0, 0.1) is 0 Å². The van der Waals surface area contributed by atoms with Gasteiger partial charge in [0, 0.05) is 17.5 Å². The van der Waals surface area contributed by atoms with Crippen LogP contribution in [0.25, 0.3) is 11.1 Å². The number of carbonyl (C=O) groups is 2. The van der Waals surface area contributed by atoms with Crippen LogP contribution in [0.2, 0.25) is 5.02 Å². The van der Waals surface area contributed by atoms with Crippen molar-refractivity contribution in [1.29, 1.82) is 0 Å². The van der Waals surface area contributed by atoms with Crippen LogP contribution in [0.4, 0.5) is 0 Å². The molecule has 0 heterocycles. The van der Waals surface area contributed by atoms with Gasteiger partial charge in [-0.25, -0.2) is 4.79 Å². The molecule has 0 spiro atoms. The Labute approximate surface area is 175 Å². The zero-order valence-corrected chi connectivity index (χ0v) is 17.1. The predicted molar refractivity (Wildman–Crippen MR) is 111 cm³/mol. The smallest absolute Gasteiger partial charge is 0.337 e. The largest absolute Gasteiger partial charge is 0.428 e. The van der Waals surface area contributed by atoms with E-state index in [1.54, 1.807) is 0 Å². The maximum absolute atomic E-state index is 11.8. The number of rotatable bonds is 10. The van der Waals surface area contributed by atoms with Crippen molar-refractivity contribution >= 4 is 23.5 Å². The second-order valence-electron chi connectivity index (χ2n) is 6.77. The minimum atomic E-state index is -1.37. The Bertz CT molecular complexity index is 809. The number of halogens is 1. The zero-order chi connectivity index (χ0) is 21.2. The van der Waals surface area contributed by atoms with Crippen LogP contribution < -0.4 is 5.73 Å². The molecular weight excluding hydrogens is 394 g/mol. The van der Waals surface area contributed by atoms with E-state index in [1.807, 2.05) is 55.5 Å². The number of hydrogen-bond acceptors (Lipinski definition) is 6. The van der Waals surface area contributed by atoms with Crippen molar-refractivity contribution in [1.82, 2.24) is 0 Å². The third kappa shape index (κ3) is 7.85. The molecule has 29 heavy (non-hydrogen) atoms. The molecule has 156 valence electrons. The Kier molecular flexibility index (Phi) is 9.12. The normalized spacial score (nSPS) is 12.8. The first-order valence-corrected chi connectivity index (χ1v) is 9.87. The molecule has 3 N–H and O–H groups in total. The Balaban J connectivity index is 1.80. The summed E-state index contributed by atoms with van der Waals surface area (Å²) in [6.07, 6.45) is 0.0510. The minimum absolute atomic E-state index is 0.0395. The predicted octanol–water partition coefficient (Wildman–Crippen LogP) is 3.47. The maximum Gasteiger partial charge on any atom is 0.337 e. The first-order valence-electron chi connectivity index (χ1n) is 9.49. The van der Waals surface area contributed by atoms with Crippen molar-refractivity contribution in [2.24, 2.45) is 5.73 Å². The molecular formula is C22H26ClNO5. The molecule has 2 atom stereocenters. The molecule has 0 amide bonds. The van der Waals surface area contributed by atoms with Gasteiger partial charge in [-0.2, -0.15) is 0 Å². The molecule has 2 rings (SSSR count). The number of carbonyl (C=O) groups excluding carboxylic acids is 2. The molecule has 2 aromatic rings. The fourth-order valence-electron chi connectivity index (χ4n) is 2.80. The fourth-order valence-corrected chi connectivity index (χ4v) is 2.99. The van der Waals surface area contributed by atoms with Crippen LogP contribution in [0.1, 0.15) is 31.7 Å². The summed E-state index contributed by atoms with van der Waals surface area (Å²) in [4.78, 5) is 23.0. The Morgan fingerprint density at radius 3 is 2.48 bits per heavy atom. The summed E-state index contributed by atoms with van der Waals surface area (Å²) in [6.45, 7) is 1.33. The highest BCUT2D eigenvalue weighted by atomic mass is 35.5.